The van der Waals surface area contributed by atoms with Crippen molar-refractivity contribution >= 4 is 5.95 Å². The maximum atomic E-state index is 5.88. The van der Waals surface area contributed by atoms with Crippen molar-refractivity contribution in [3.63, 3.8) is 0 Å². The highest BCUT2D eigenvalue weighted by molar-refractivity contribution is 5.23. The largest absolute Gasteiger partial charge is 0.369 e. The molecule has 3 unspecified atom stereocenters. The van der Waals surface area contributed by atoms with Gasteiger partial charge in [-0.2, -0.15) is 0 Å². The molecule has 14 heavy (non-hydrogen) atoms. The van der Waals surface area contributed by atoms with E-state index < -0.39 is 0 Å². The highest BCUT2D eigenvalue weighted by Gasteiger charge is 2.31. The standard InChI is InChI=1S/C11H19N3/c1-7-4-5-10(9(7)3)14-6-8(2)13-11(14)12/h6-7,9-10H,4-5H2,1-3H3,(H2,12,13). The molecule has 78 valence electrons. The summed E-state index contributed by atoms with van der Waals surface area (Å²) in [5.41, 5.74) is 6.90. The Hall–Kier alpha value is -0.990. The van der Waals surface area contributed by atoms with Crippen LogP contribution in [0.25, 0.3) is 0 Å². The molecule has 2 N–H and O–H groups in total. The van der Waals surface area contributed by atoms with Crippen LogP contribution in [0.4, 0.5) is 5.95 Å². The predicted molar refractivity (Wildman–Crippen MR) is 58.0 cm³/mol. The minimum absolute atomic E-state index is 0.561. The topological polar surface area (TPSA) is 43.8 Å². The highest BCUT2D eigenvalue weighted by atomic mass is 15.2. The van der Waals surface area contributed by atoms with E-state index in [0.29, 0.717) is 17.9 Å². The second kappa shape index (κ2) is 3.30. The molecular weight excluding hydrogens is 174 g/mol. The maximum Gasteiger partial charge on any atom is 0.200 e. The Morgan fingerprint density at radius 3 is 2.57 bits per heavy atom. The summed E-state index contributed by atoms with van der Waals surface area (Å²) in [4.78, 5) is 4.26. The molecule has 1 aliphatic carbocycles. The molecule has 0 aliphatic heterocycles. The van der Waals surface area contributed by atoms with Crippen LogP contribution < -0.4 is 5.73 Å². The Morgan fingerprint density at radius 2 is 2.14 bits per heavy atom. The van der Waals surface area contributed by atoms with Gasteiger partial charge in [-0.05, 0) is 31.6 Å². The van der Waals surface area contributed by atoms with Gasteiger partial charge in [0.15, 0.2) is 0 Å². The smallest absolute Gasteiger partial charge is 0.200 e. The number of anilines is 1. The molecule has 1 aliphatic rings. The zero-order chi connectivity index (χ0) is 10.3. The van der Waals surface area contributed by atoms with Crippen molar-refractivity contribution in [2.24, 2.45) is 11.8 Å². The summed E-state index contributed by atoms with van der Waals surface area (Å²) >= 11 is 0. The van der Waals surface area contributed by atoms with Crippen molar-refractivity contribution in [3.05, 3.63) is 11.9 Å². The second-order valence-electron chi connectivity index (χ2n) is 4.63. The van der Waals surface area contributed by atoms with E-state index in [9.17, 15) is 0 Å². The van der Waals surface area contributed by atoms with E-state index in [-0.39, 0.29) is 0 Å². The number of aromatic nitrogens is 2. The van der Waals surface area contributed by atoms with Crippen LogP contribution in [0.2, 0.25) is 0 Å². The van der Waals surface area contributed by atoms with Crippen molar-refractivity contribution in [2.45, 2.75) is 39.7 Å². The van der Waals surface area contributed by atoms with Crippen molar-refractivity contribution in [1.82, 2.24) is 9.55 Å². The molecule has 0 spiro atoms. The second-order valence-corrected chi connectivity index (χ2v) is 4.63. The van der Waals surface area contributed by atoms with E-state index in [1.165, 1.54) is 12.8 Å². The Morgan fingerprint density at radius 1 is 1.43 bits per heavy atom. The lowest BCUT2D eigenvalue weighted by molar-refractivity contribution is 0.355. The number of aryl methyl sites for hydroxylation is 1. The van der Waals surface area contributed by atoms with E-state index in [2.05, 4.69) is 29.6 Å². The average Bonchev–Trinajstić information content (AvgIpc) is 2.59. The van der Waals surface area contributed by atoms with E-state index in [4.69, 9.17) is 5.73 Å². The molecule has 1 aromatic rings. The fourth-order valence-corrected chi connectivity index (χ4v) is 2.53. The molecule has 1 heterocycles. The van der Waals surface area contributed by atoms with Gasteiger partial charge >= 0.3 is 0 Å². The number of imidazole rings is 1. The van der Waals surface area contributed by atoms with E-state index in [0.717, 1.165) is 11.6 Å². The zero-order valence-corrected chi connectivity index (χ0v) is 9.20. The number of nitrogens with two attached hydrogens (primary N) is 1. The molecule has 0 aromatic carbocycles. The monoisotopic (exact) mass is 193 g/mol. The molecule has 0 radical (unpaired) electrons. The van der Waals surface area contributed by atoms with Crippen LogP contribution in [-0.2, 0) is 0 Å². The number of nitrogen functional groups attached to an aromatic ring is 1. The first kappa shape index (κ1) is 9.56. The SMILES string of the molecule is Cc1cn(C2CCC(C)C2C)c(N)n1. The molecule has 3 atom stereocenters. The third kappa shape index (κ3) is 1.41. The Labute approximate surface area is 85.3 Å². The minimum Gasteiger partial charge on any atom is -0.369 e. The Kier molecular flexibility index (Phi) is 2.25. The van der Waals surface area contributed by atoms with E-state index in [1.807, 2.05) is 6.92 Å². The van der Waals surface area contributed by atoms with Gasteiger partial charge in [0.1, 0.15) is 0 Å². The van der Waals surface area contributed by atoms with Crippen LogP contribution in [0, 0.1) is 18.8 Å². The summed E-state index contributed by atoms with van der Waals surface area (Å²) < 4.78 is 2.16. The Balaban J connectivity index is 2.27. The molecule has 1 fully saturated rings. The van der Waals surface area contributed by atoms with Crippen molar-refractivity contribution in [1.29, 1.82) is 0 Å². The maximum absolute atomic E-state index is 5.88. The molecule has 3 heteroatoms. The lowest BCUT2D eigenvalue weighted by Gasteiger charge is -2.20. The quantitative estimate of drug-likeness (QED) is 0.744. The fraction of sp³-hybridized carbons (Fsp3) is 0.727. The van der Waals surface area contributed by atoms with Crippen LogP contribution in [0.3, 0.4) is 0 Å². The predicted octanol–water partition coefficient (Wildman–Crippen LogP) is 2.38. The zero-order valence-electron chi connectivity index (χ0n) is 9.20. The Bertz CT molecular complexity index is 329. The van der Waals surface area contributed by atoms with Crippen molar-refractivity contribution < 1.29 is 0 Å². The van der Waals surface area contributed by atoms with Gasteiger partial charge in [0.25, 0.3) is 0 Å². The van der Waals surface area contributed by atoms with Crippen molar-refractivity contribution in [2.75, 3.05) is 5.73 Å². The molecule has 0 amide bonds. The van der Waals surface area contributed by atoms with Gasteiger partial charge in [-0.15, -0.1) is 0 Å². The summed E-state index contributed by atoms with van der Waals surface area (Å²) in [5, 5.41) is 0. The fourth-order valence-electron chi connectivity index (χ4n) is 2.53. The number of rotatable bonds is 1. The third-order valence-corrected chi connectivity index (χ3v) is 3.66. The molecule has 0 saturated heterocycles. The summed E-state index contributed by atoms with van der Waals surface area (Å²) in [6, 6.07) is 0.561. The molecule has 3 nitrogen and oxygen atoms in total. The van der Waals surface area contributed by atoms with Gasteiger partial charge in [-0.1, -0.05) is 13.8 Å². The van der Waals surface area contributed by atoms with Crippen LogP contribution >= 0.6 is 0 Å². The first-order valence-corrected chi connectivity index (χ1v) is 5.40. The molecule has 1 saturated carbocycles. The normalized spacial score (nSPS) is 32.4. The van der Waals surface area contributed by atoms with Gasteiger partial charge in [0.2, 0.25) is 5.95 Å². The van der Waals surface area contributed by atoms with Crippen molar-refractivity contribution in [3.8, 4) is 0 Å². The minimum atomic E-state index is 0.561. The summed E-state index contributed by atoms with van der Waals surface area (Å²) in [7, 11) is 0. The van der Waals surface area contributed by atoms with Gasteiger partial charge in [0.05, 0.1) is 5.69 Å². The number of hydrogen-bond acceptors (Lipinski definition) is 2. The first-order chi connectivity index (χ1) is 6.59. The van der Waals surface area contributed by atoms with Gasteiger partial charge < -0.3 is 10.3 Å². The van der Waals surface area contributed by atoms with Crippen LogP contribution in [0.5, 0.6) is 0 Å². The first-order valence-electron chi connectivity index (χ1n) is 5.40. The average molecular weight is 193 g/mol. The van der Waals surface area contributed by atoms with E-state index in [1.54, 1.807) is 0 Å². The summed E-state index contributed by atoms with van der Waals surface area (Å²) in [5.74, 6) is 2.20. The third-order valence-electron chi connectivity index (χ3n) is 3.66. The molecule has 1 aromatic heterocycles. The number of nitrogens with zero attached hydrogens (tertiary/aromatic N) is 2. The highest BCUT2D eigenvalue weighted by Crippen LogP contribution is 2.40. The van der Waals surface area contributed by atoms with E-state index >= 15 is 0 Å². The lowest BCUT2D eigenvalue weighted by Crippen LogP contribution is -2.15. The number of hydrogen-bond donors (Lipinski definition) is 1. The van der Waals surface area contributed by atoms with Gasteiger partial charge in [-0.25, -0.2) is 4.98 Å². The molecule has 2 rings (SSSR count). The molecule has 0 bridgehead atoms. The van der Waals surface area contributed by atoms with Crippen LogP contribution in [-0.4, -0.2) is 9.55 Å². The van der Waals surface area contributed by atoms with Crippen LogP contribution in [0.15, 0.2) is 6.20 Å². The van der Waals surface area contributed by atoms with Crippen LogP contribution in [0.1, 0.15) is 38.4 Å². The summed E-state index contributed by atoms with van der Waals surface area (Å²) in [6.45, 7) is 6.64. The molecular formula is C11H19N3. The summed E-state index contributed by atoms with van der Waals surface area (Å²) in [6.07, 6.45) is 4.62. The van der Waals surface area contributed by atoms with Gasteiger partial charge in [0, 0.05) is 12.2 Å². The lowest BCUT2D eigenvalue weighted by atomic mass is 9.98. The van der Waals surface area contributed by atoms with Gasteiger partial charge in [-0.3, -0.25) is 0 Å².